The molecule has 1 N–H and O–H groups in total. The maximum atomic E-state index is 13.7. The highest BCUT2D eigenvalue weighted by Crippen LogP contribution is 2.29. The van der Waals surface area contributed by atoms with Gasteiger partial charge in [0.05, 0.1) is 6.61 Å². The van der Waals surface area contributed by atoms with Crippen LogP contribution in [0.15, 0.2) is 18.2 Å². The Morgan fingerprint density at radius 2 is 2.08 bits per heavy atom. The number of esters is 1. The Morgan fingerprint density at radius 3 is 2.62 bits per heavy atom. The number of carbonyl (C=O) groups excluding carboxylic acids is 1. The first-order chi connectivity index (χ1) is 11.2. The van der Waals surface area contributed by atoms with Gasteiger partial charge in [-0.3, -0.25) is 0 Å². The van der Waals surface area contributed by atoms with Crippen molar-refractivity contribution in [3.8, 4) is 5.75 Å². The summed E-state index contributed by atoms with van der Waals surface area (Å²) in [5.41, 5.74) is 0.197. The fourth-order valence-corrected chi connectivity index (χ4v) is 2.54. The third kappa shape index (κ3) is 5.94. The number of benzene rings is 1. The van der Waals surface area contributed by atoms with Gasteiger partial charge in [-0.05, 0) is 45.9 Å². The smallest absolute Gasteiger partial charge is 0.332 e. The summed E-state index contributed by atoms with van der Waals surface area (Å²) in [7, 11) is 1.44. The molecule has 24 heavy (non-hydrogen) atoms. The number of carbonyl (C=O) groups is 1. The number of hydrogen-bond donors (Lipinski definition) is 1. The molecule has 8 heteroatoms. The van der Waals surface area contributed by atoms with E-state index in [4.69, 9.17) is 14.2 Å². The van der Waals surface area contributed by atoms with Crippen molar-refractivity contribution in [1.82, 2.24) is 4.72 Å². The van der Waals surface area contributed by atoms with Crippen molar-refractivity contribution < 1.29 is 27.9 Å². The largest absolute Gasteiger partial charge is 0.598 e. The Labute approximate surface area is 145 Å². The maximum absolute atomic E-state index is 13.7. The molecule has 0 amide bonds. The van der Waals surface area contributed by atoms with E-state index in [0.717, 1.165) is 6.07 Å². The zero-order valence-corrected chi connectivity index (χ0v) is 15.4. The summed E-state index contributed by atoms with van der Waals surface area (Å²) in [5, 5.41) is 0. The SMILES string of the molecule is CCOC(=O)[C@@H](N[S+]([O-])C(C)(C)C)c1cc(F)ccc1OCOC. The van der Waals surface area contributed by atoms with E-state index in [1.165, 1.54) is 19.2 Å². The van der Waals surface area contributed by atoms with Crippen molar-refractivity contribution in [2.75, 3.05) is 20.5 Å². The van der Waals surface area contributed by atoms with E-state index < -0.39 is 33.9 Å². The van der Waals surface area contributed by atoms with Crippen LogP contribution in [0.3, 0.4) is 0 Å². The van der Waals surface area contributed by atoms with Crippen LogP contribution in [0.1, 0.15) is 39.3 Å². The van der Waals surface area contributed by atoms with Gasteiger partial charge in [-0.1, -0.05) is 0 Å². The monoisotopic (exact) mass is 361 g/mol. The van der Waals surface area contributed by atoms with Gasteiger partial charge in [0.1, 0.15) is 16.3 Å². The average Bonchev–Trinajstić information content (AvgIpc) is 2.50. The Hall–Kier alpha value is -1.35. The van der Waals surface area contributed by atoms with E-state index in [-0.39, 0.29) is 24.7 Å². The van der Waals surface area contributed by atoms with Gasteiger partial charge in [-0.15, -0.1) is 4.72 Å². The molecule has 1 unspecified atom stereocenters. The first kappa shape index (κ1) is 20.7. The van der Waals surface area contributed by atoms with Crippen LogP contribution in [0.4, 0.5) is 4.39 Å². The predicted molar refractivity (Wildman–Crippen MR) is 89.3 cm³/mol. The van der Waals surface area contributed by atoms with E-state index in [1.54, 1.807) is 27.7 Å². The number of nitrogens with one attached hydrogen (secondary N) is 1. The summed E-state index contributed by atoms with van der Waals surface area (Å²) in [4.78, 5) is 12.3. The highest BCUT2D eigenvalue weighted by atomic mass is 32.2. The van der Waals surface area contributed by atoms with Crippen molar-refractivity contribution in [3.05, 3.63) is 29.6 Å². The maximum Gasteiger partial charge on any atom is 0.332 e. The lowest BCUT2D eigenvalue weighted by Gasteiger charge is -2.27. The van der Waals surface area contributed by atoms with Crippen LogP contribution in [-0.4, -0.2) is 35.8 Å². The molecule has 0 aliphatic rings. The molecule has 136 valence electrons. The van der Waals surface area contributed by atoms with Crippen LogP contribution in [-0.2, 0) is 25.6 Å². The fourth-order valence-electron chi connectivity index (χ4n) is 1.75. The van der Waals surface area contributed by atoms with Crippen molar-refractivity contribution in [1.29, 1.82) is 0 Å². The lowest BCUT2D eigenvalue weighted by Crippen LogP contribution is -2.44. The molecule has 1 aromatic rings. The minimum Gasteiger partial charge on any atom is -0.598 e. The van der Waals surface area contributed by atoms with Crippen LogP contribution in [0, 0.1) is 5.82 Å². The Bertz CT molecular complexity index is 550. The molecule has 1 aromatic carbocycles. The first-order valence-corrected chi connectivity index (χ1v) is 8.61. The first-order valence-electron chi connectivity index (χ1n) is 7.46. The molecule has 0 saturated carbocycles. The van der Waals surface area contributed by atoms with Gasteiger partial charge in [0, 0.05) is 24.0 Å². The zero-order chi connectivity index (χ0) is 18.3. The highest BCUT2D eigenvalue weighted by Gasteiger charge is 2.35. The summed E-state index contributed by atoms with van der Waals surface area (Å²) >= 11 is -1.57. The van der Waals surface area contributed by atoms with Gasteiger partial charge >= 0.3 is 5.97 Å². The summed E-state index contributed by atoms with van der Waals surface area (Å²) in [5.74, 6) is -0.968. The second-order valence-electron chi connectivity index (χ2n) is 5.92. The molecule has 0 bridgehead atoms. The van der Waals surface area contributed by atoms with E-state index >= 15 is 0 Å². The van der Waals surface area contributed by atoms with Gasteiger partial charge in [0.2, 0.25) is 0 Å². The van der Waals surface area contributed by atoms with E-state index in [2.05, 4.69) is 4.72 Å². The van der Waals surface area contributed by atoms with Gasteiger partial charge in [0.15, 0.2) is 12.8 Å². The van der Waals surface area contributed by atoms with Gasteiger partial charge in [-0.25, -0.2) is 9.18 Å². The molecule has 0 saturated heterocycles. The Kier molecular flexibility index (Phi) is 7.95. The second kappa shape index (κ2) is 9.22. The average molecular weight is 361 g/mol. The number of hydrogen-bond acceptors (Lipinski definition) is 6. The molecule has 6 nitrogen and oxygen atoms in total. The minimum atomic E-state index is -1.57. The number of halogens is 1. The second-order valence-corrected chi connectivity index (χ2v) is 7.91. The quantitative estimate of drug-likeness (QED) is 0.435. The van der Waals surface area contributed by atoms with Crippen LogP contribution in [0.25, 0.3) is 0 Å². The van der Waals surface area contributed by atoms with Crippen molar-refractivity contribution in [2.45, 2.75) is 38.5 Å². The molecule has 1 rings (SSSR count). The summed E-state index contributed by atoms with van der Waals surface area (Å²) < 4.78 is 43.5. The van der Waals surface area contributed by atoms with Crippen LogP contribution < -0.4 is 9.46 Å². The minimum absolute atomic E-state index is 0.0729. The molecule has 0 fully saturated rings. The standard InChI is InChI=1S/C16H24FNO5S/c1-6-22-15(19)14(18-24(20)16(2,3)4)12-9-11(17)7-8-13(12)23-10-21-5/h7-9,14,18H,6,10H2,1-5H3/t14-,24?/m0/s1. The summed E-state index contributed by atoms with van der Waals surface area (Å²) in [6.45, 7) is 6.99. The van der Waals surface area contributed by atoms with E-state index in [1.807, 2.05) is 0 Å². The third-order valence-corrected chi connectivity index (χ3v) is 4.48. The highest BCUT2D eigenvalue weighted by molar-refractivity contribution is 7.90. The number of rotatable bonds is 8. The van der Waals surface area contributed by atoms with Crippen molar-refractivity contribution in [3.63, 3.8) is 0 Å². The normalized spacial score (nSPS) is 14.1. The van der Waals surface area contributed by atoms with E-state index in [0.29, 0.717) is 0 Å². The molecule has 0 aliphatic carbocycles. The lowest BCUT2D eigenvalue weighted by molar-refractivity contribution is -0.145. The molecule has 0 radical (unpaired) electrons. The Balaban J connectivity index is 3.22. The molecule has 0 aromatic heterocycles. The number of ether oxygens (including phenoxy) is 3. The van der Waals surface area contributed by atoms with Crippen LogP contribution >= 0.6 is 0 Å². The molecular formula is C16H24FNO5S. The predicted octanol–water partition coefficient (Wildman–Crippen LogP) is 2.46. The molecule has 0 spiro atoms. The van der Waals surface area contributed by atoms with Crippen LogP contribution in [0.2, 0.25) is 0 Å². The molecule has 2 atom stereocenters. The molecular weight excluding hydrogens is 337 g/mol. The lowest BCUT2D eigenvalue weighted by atomic mass is 10.1. The zero-order valence-electron chi connectivity index (χ0n) is 14.6. The Morgan fingerprint density at radius 1 is 1.42 bits per heavy atom. The topological polar surface area (TPSA) is 79.9 Å². The van der Waals surface area contributed by atoms with Gasteiger partial charge in [0.25, 0.3) is 0 Å². The fraction of sp³-hybridized carbons (Fsp3) is 0.562. The van der Waals surface area contributed by atoms with E-state index in [9.17, 15) is 13.7 Å². The van der Waals surface area contributed by atoms with Gasteiger partial charge < -0.3 is 18.8 Å². The van der Waals surface area contributed by atoms with Crippen molar-refractivity contribution >= 4 is 17.3 Å². The van der Waals surface area contributed by atoms with Gasteiger partial charge in [-0.2, -0.15) is 0 Å². The molecule has 0 heterocycles. The molecule has 0 aliphatic heterocycles. The third-order valence-electron chi connectivity index (χ3n) is 2.92. The summed E-state index contributed by atoms with van der Waals surface area (Å²) in [6.07, 6.45) is 0. The number of methoxy groups -OCH3 is 1. The van der Waals surface area contributed by atoms with Crippen molar-refractivity contribution in [2.24, 2.45) is 0 Å². The summed E-state index contributed by atoms with van der Waals surface area (Å²) in [6, 6.07) is 2.61. The van der Waals surface area contributed by atoms with Crippen LogP contribution in [0.5, 0.6) is 5.75 Å².